The summed E-state index contributed by atoms with van der Waals surface area (Å²) in [7, 11) is 0. The first kappa shape index (κ1) is 14.1. The van der Waals surface area contributed by atoms with Crippen LogP contribution in [0.3, 0.4) is 0 Å². The number of rotatable bonds is 6. The van der Waals surface area contributed by atoms with Gasteiger partial charge in [0.2, 0.25) is 0 Å². The van der Waals surface area contributed by atoms with Gasteiger partial charge in [0, 0.05) is 0 Å². The molecular formula is C16H32. The van der Waals surface area contributed by atoms with Gasteiger partial charge in [-0.25, -0.2) is 0 Å². The fourth-order valence-corrected chi connectivity index (χ4v) is 3.15. The van der Waals surface area contributed by atoms with Crippen molar-refractivity contribution in [2.24, 2.45) is 23.7 Å². The van der Waals surface area contributed by atoms with Gasteiger partial charge >= 0.3 is 0 Å². The van der Waals surface area contributed by atoms with Crippen molar-refractivity contribution in [2.45, 2.75) is 79.1 Å². The molecule has 2 unspecified atom stereocenters. The van der Waals surface area contributed by atoms with Crippen molar-refractivity contribution in [2.75, 3.05) is 0 Å². The zero-order valence-electron chi connectivity index (χ0n) is 12.0. The Labute approximate surface area is 103 Å². The molecule has 0 spiro atoms. The molecule has 0 bridgehead atoms. The first-order valence-corrected chi connectivity index (χ1v) is 7.67. The first-order valence-electron chi connectivity index (χ1n) is 7.67. The normalized spacial score (nSPS) is 30.0. The average Bonchev–Trinajstić information content (AvgIpc) is 2.35. The molecule has 0 aromatic heterocycles. The van der Waals surface area contributed by atoms with Crippen LogP contribution in [-0.4, -0.2) is 0 Å². The lowest BCUT2D eigenvalue weighted by molar-refractivity contribution is 0.197. The molecule has 16 heavy (non-hydrogen) atoms. The quantitative estimate of drug-likeness (QED) is 0.545. The second kappa shape index (κ2) is 7.35. The van der Waals surface area contributed by atoms with E-state index in [0.29, 0.717) is 0 Å². The Balaban J connectivity index is 2.20. The molecule has 0 aromatic carbocycles. The molecule has 1 fully saturated rings. The predicted octanol–water partition coefficient (Wildman–Crippen LogP) is 5.67. The van der Waals surface area contributed by atoms with E-state index in [4.69, 9.17) is 0 Å². The topological polar surface area (TPSA) is 0 Å². The van der Waals surface area contributed by atoms with Crippen LogP contribution in [0.1, 0.15) is 79.1 Å². The zero-order valence-corrected chi connectivity index (χ0v) is 12.0. The maximum atomic E-state index is 2.50. The summed E-state index contributed by atoms with van der Waals surface area (Å²) < 4.78 is 0. The van der Waals surface area contributed by atoms with Crippen LogP contribution in [-0.2, 0) is 0 Å². The Morgan fingerprint density at radius 1 is 0.938 bits per heavy atom. The van der Waals surface area contributed by atoms with Gasteiger partial charge in [0.15, 0.2) is 0 Å². The highest BCUT2D eigenvalue weighted by atomic mass is 14.3. The summed E-state index contributed by atoms with van der Waals surface area (Å²) in [5.74, 6) is 4.02. The Kier molecular flexibility index (Phi) is 6.46. The van der Waals surface area contributed by atoms with Crippen LogP contribution < -0.4 is 0 Å². The second-order valence-electron chi connectivity index (χ2n) is 6.26. The fraction of sp³-hybridized carbons (Fsp3) is 1.00. The van der Waals surface area contributed by atoms with Crippen molar-refractivity contribution in [3.05, 3.63) is 0 Å². The van der Waals surface area contributed by atoms with Crippen molar-refractivity contribution >= 4 is 0 Å². The largest absolute Gasteiger partial charge is 0.0651 e. The van der Waals surface area contributed by atoms with Gasteiger partial charge in [0.1, 0.15) is 0 Å². The lowest BCUT2D eigenvalue weighted by Crippen LogP contribution is -2.20. The minimum atomic E-state index is 0.939. The van der Waals surface area contributed by atoms with Crippen molar-refractivity contribution in [1.82, 2.24) is 0 Å². The van der Waals surface area contributed by atoms with Gasteiger partial charge in [0.05, 0.1) is 0 Å². The fourth-order valence-electron chi connectivity index (χ4n) is 3.15. The Bertz CT molecular complexity index is 165. The molecule has 0 heterocycles. The van der Waals surface area contributed by atoms with Gasteiger partial charge in [-0.15, -0.1) is 0 Å². The van der Waals surface area contributed by atoms with E-state index < -0.39 is 0 Å². The summed E-state index contributed by atoms with van der Waals surface area (Å²) in [5.41, 5.74) is 0. The Hall–Kier alpha value is 0. The molecule has 1 saturated carbocycles. The van der Waals surface area contributed by atoms with E-state index in [1.54, 1.807) is 0 Å². The van der Waals surface area contributed by atoms with Crippen LogP contribution in [0.15, 0.2) is 0 Å². The smallest absolute Gasteiger partial charge is 0.0388 e. The van der Waals surface area contributed by atoms with Crippen LogP contribution in [0.5, 0.6) is 0 Å². The molecule has 0 aliphatic heterocycles. The van der Waals surface area contributed by atoms with Crippen molar-refractivity contribution in [3.63, 3.8) is 0 Å². The summed E-state index contributed by atoms with van der Waals surface area (Å²) >= 11 is 0. The standard InChI is InChI=1S/C16H32/c1-5-13(3)7-8-14(4)16-11-9-15(6-2)10-12-16/h13-16H,5-12H2,1-4H3. The third kappa shape index (κ3) is 4.47. The van der Waals surface area contributed by atoms with E-state index in [1.165, 1.54) is 51.4 Å². The van der Waals surface area contributed by atoms with Gasteiger partial charge in [-0.1, -0.05) is 66.2 Å². The van der Waals surface area contributed by atoms with Crippen LogP contribution in [0.2, 0.25) is 0 Å². The van der Waals surface area contributed by atoms with E-state index in [0.717, 1.165) is 23.7 Å². The van der Waals surface area contributed by atoms with Gasteiger partial charge in [-0.2, -0.15) is 0 Å². The van der Waals surface area contributed by atoms with Crippen LogP contribution in [0.4, 0.5) is 0 Å². The molecule has 0 saturated heterocycles. The SMILES string of the molecule is CCC(C)CCC(C)C1CCC(CC)CC1. The molecule has 1 aliphatic rings. The molecule has 2 atom stereocenters. The van der Waals surface area contributed by atoms with Gasteiger partial charge in [-0.3, -0.25) is 0 Å². The maximum Gasteiger partial charge on any atom is -0.0388 e. The molecule has 0 N–H and O–H groups in total. The highest BCUT2D eigenvalue weighted by Gasteiger charge is 2.24. The highest BCUT2D eigenvalue weighted by molar-refractivity contribution is 4.75. The molecule has 96 valence electrons. The highest BCUT2D eigenvalue weighted by Crippen LogP contribution is 2.36. The van der Waals surface area contributed by atoms with E-state index in [-0.39, 0.29) is 0 Å². The second-order valence-corrected chi connectivity index (χ2v) is 6.26. The maximum absolute atomic E-state index is 2.50. The summed E-state index contributed by atoms with van der Waals surface area (Å²) in [5, 5.41) is 0. The van der Waals surface area contributed by atoms with E-state index in [1.807, 2.05) is 0 Å². The Morgan fingerprint density at radius 2 is 1.56 bits per heavy atom. The van der Waals surface area contributed by atoms with Crippen molar-refractivity contribution in [1.29, 1.82) is 0 Å². The molecule has 1 aliphatic carbocycles. The van der Waals surface area contributed by atoms with Gasteiger partial charge in [-0.05, 0) is 36.5 Å². The summed E-state index contributed by atoms with van der Waals surface area (Å²) in [6, 6.07) is 0. The van der Waals surface area contributed by atoms with E-state index in [2.05, 4.69) is 27.7 Å². The van der Waals surface area contributed by atoms with Crippen molar-refractivity contribution < 1.29 is 0 Å². The Morgan fingerprint density at radius 3 is 2.06 bits per heavy atom. The first-order chi connectivity index (χ1) is 7.67. The average molecular weight is 224 g/mol. The van der Waals surface area contributed by atoms with Gasteiger partial charge in [0.25, 0.3) is 0 Å². The van der Waals surface area contributed by atoms with Crippen LogP contribution in [0, 0.1) is 23.7 Å². The van der Waals surface area contributed by atoms with Gasteiger partial charge < -0.3 is 0 Å². The lowest BCUT2D eigenvalue weighted by atomic mass is 9.74. The van der Waals surface area contributed by atoms with Crippen LogP contribution >= 0.6 is 0 Å². The number of hydrogen-bond donors (Lipinski definition) is 0. The monoisotopic (exact) mass is 224 g/mol. The minimum absolute atomic E-state index is 0.939. The third-order valence-corrected chi connectivity index (χ3v) is 5.09. The summed E-state index contributed by atoms with van der Waals surface area (Å²) in [6.45, 7) is 9.58. The van der Waals surface area contributed by atoms with E-state index in [9.17, 15) is 0 Å². The molecule has 0 nitrogen and oxygen atoms in total. The van der Waals surface area contributed by atoms with Crippen molar-refractivity contribution in [3.8, 4) is 0 Å². The predicted molar refractivity (Wildman–Crippen MR) is 73.6 cm³/mol. The molecule has 0 radical (unpaired) electrons. The zero-order chi connectivity index (χ0) is 12.0. The minimum Gasteiger partial charge on any atom is -0.0651 e. The molecule has 1 rings (SSSR count). The molecule has 0 amide bonds. The number of hydrogen-bond acceptors (Lipinski definition) is 0. The molecule has 0 heteroatoms. The summed E-state index contributed by atoms with van der Waals surface area (Å²) in [6.07, 6.45) is 11.7. The summed E-state index contributed by atoms with van der Waals surface area (Å²) in [4.78, 5) is 0. The van der Waals surface area contributed by atoms with Crippen LogP contribution in [0.25, 0.3) is 0 Å². The van der Waals surface area contributed by atoms with E-state index >= 15 is 0 Å². The molecule has 0 aromatic rings. The third-order valence-electron chi connectivity index (χ3n) is 5.09. The molecular weight excluding hydrogens is 192 g/mol. The lowest BCUT2D eigenvalue weighted by Gasteiger charge is -2.32.